The number of hydrogen-bond acceptors (Lipinski definition) is 3. The average molecular weight is 330 g/mol. The van der Waals surface area contributed by atoms with Crippen LogP contribution in [0.15, 0.2) is 24.3 Å². The maximum atomic E-state index is 12.3. The zero-order chi connectivity index (χ0) is 16.8. The molecule has 24 heavy (non-hydrogen) atoms. The molecule has 1 aromatic carbocycles. The van der Waals surface area contributed by atoms with Gasteiger partial charge in [0.2, 0.25) is 5.91 Å². The van der Waals surface area contributed by atoms with E-state index in [-0.39, 0.29) is 11.3 Å². The molecule has 1 amide bonds. The maximum absolute atomic E-state index is 12.3. The largest absolute Gasteiger partial charge is 0.496 e. The molecular formula is C20H30N2O2. The highest BCUT2D eigenvalue weighted by Crippen LogP contribution is 2.44. The van der Waals surface area contributed by atoms with Gasteiger partial charge in [-0.05, 0) is 50.8 Å². The summed E-state index contributed by atoms with van der Waals surface area (Å²) in [5.74, 6) is 1.82. The Morgan fingerprint density at radius 2 is 2.12 bits per heavy atom. The summed E-state index contributed by atoms with van der Waals surface area (Å²) in [6.45, 7) is 2.90. The maximum Gasteiger partial charge on any atom is 0.220 e. The third-order valence-corrected chi connectivity index (χ3v) is 5.80. The molecule has 3 rings (SSSR count). The molecule has 0 bridgehead atoms. The number of rotatable bonds is 7. The van der Waals surface area contributed by atoms with Crippen molar-refractivity contribution in [1.29, 1.82) is 0 Å². The van der Waals surface area contributed by atoms with Crippen molar-refractivity contribution in [3.63, 3.8) is 0 Å². The summed E-state index contributed by atoms with van der Waals surface area (Å²) in [7, 11) is 1.73. The molecule has 2 fully saturated rings. The van der Waals surface area contributed by atoms with Crippen molar-refractivity contribution >= 4 is 5.91 Å². The van der Waals surface area contributed by atoms with E-state index in [1.54, 1.807) is 7.11 Å². The Labute approximate surface area is 145 Å². The lowest BCUT2D eigenvalue weighted by Gasteiger charge is -2.31. The standard InChI is InChI=1S/C20H30N2O2/c1-24-18-7-3-2-6-17(18)20(11-4-5-12-20)15-22-19(23)9-8-16-10-13-21-14-16/h2-3,6-7,16,21H,4-5,8-15H2,1H3,(H,22,23). The highest BCUT2D eigenvalue weighted by Gasteiger charge is 2.37. The normalized spacial score (nSPS) is 22.5. The molecule has 132 valence electrons. The van der Waals surface area contributed by atoms with Gasteiger partial charge in [0.25, 0.3) is 0 Å². The van der Waals surface area contributed by atoms with Gasteiger partial charge in [-0.25, -0.2) is 0 Å². The van der Waals surface area contributed by atoms with Crippen LogP contribution in [0, 0.1) is 5.92 Å². The molecule has 1 aliphatic carbocycles. The van der Waals surface area contributed by atoms with E-state index < -0.39 is 0 Å². The summed E-state index contributed by atoms with van der Waals surface area (Å²) in [4.78, 5) is 12.3. The highest BCUT2D eigenvalue weighted by atomic mass is 16.5. The van der Waals surface area contributed by atoms with Crippen LogP contribution in [0.3, 0.4) is 0 Å². The van der Waals surface area contributed by atoms with Crippen molar-refractivity contribution in [3.8, 4) is 5.75 Å². The number of nitrogens with one attached hydrogen (secondary N) is 2. The number of methoxy groups -OCH3 is 1. The van der Waals surface area contributed by atoms with E-state index in [2.05, 4.69) is 22.8 Å². The van der Waals surface area contributed by atoms with E-state index in [1.807, 2.05) is 12.1 Å². The number of carbonyl (C=O) groups excluding carboxylic acids is 1. The third kappa shape index (κ3) is 3.92. The zero-order valence-corrected chi connectivity index (χ0v) is 14.8. The Morgan fingerprint density at radius 1 is 1.33 bits per heavy atom. The quantitative estimate of drug-likeness (QED) is 0.808. The van der Waals surface area contributed by atoms with Crippen molar-refractivity contribution in [2.24, 2.45) is 5.92 Å². The van der Waals surface area contributed by atoms with Crippen molar-refractivity contribution < 1.29 is 9.53 Å². The van der Waals surface area contributed by atoms with Gasteiger partial charge in [0.05, 0.1) is 7.11 Å². The first-order valence-corrected chi connectivity index (χ1v) is 9.34. The molecule has 4 heteroatoms. The first kappa shape index (κ1) is 17.3. The number of carbonyl (C=O) groups is 1. The molecule has 1 unspecified atom stereocenters. The molecule has 1 atom stereocenters. The van der Waals surface area contributed by atoms with Gasteiger partial charge in [0.1, 0.15) is 5.75 Å². The van der Waals surface area contributed by atoms with E-state index in [0.717, 1.165) is 44.6 Å². The van der Waals surface area contributed by atoms with Crippen LogP contribution in [-0.4, -0.2) is 32.7 Å². The van der Waals surface area contributed by atoms with Gasteiger partial charge in [-0.3, -0.25) is 4.79 Å². The van der Waals surface area contributed by atoms with Gasteiger partial charge >= 0.3 is 0 Å². The lowest BCUT2D eigenvalue weighted by Crippen LogP contribution is -2.39. The predicted molar refractivity (Wildman–Crippen MR) is 96.4 cm³/mol. The fourth-order valence-corrected chi connectivity index (χ4v) is 4.33. The minimum absolute atomic E-state index is 0.0389. The Hall–Kier alpha value is -1.55. The van der Waals surface area contributed by atoms with Crippen LogP contribution in [0.25, 0.3) is 0 Å². The van der Waals surface area contributed by atoms with Gasteiger partial charge in [-0.2, -0.15) is 0 Å². The van der Waals surface area contributed by atoms with E-state index in [1.165, 1.54) is 24.8 Å². The third-order valence-electron chi connectivity index (χ3n) is 5.80. The first-order chi connectivity index (χ1) is 11.7. The summed E-state index contributed by atoms with van der Waals surface area (Å²) in [5.41, 5.74) is 1.29. The summed E-state index contributed by atoms with van der Waals surface area (Å²) >= 11 is 0. The number of hydrogen-bond donors (Lipinski definition) is 2. The molecule has 1 heterocycles. The van der Waals surface area contributed by atoms with Gasteiger partial charge in [0, 0.05) is 23.9 Å². The second kappa shape index (κ2) is 8.02. The Kier molecular flexibility index (Phi) is 5.77. The summed E-state index contributed by atoms with van der Waals surface area (Å²) in [6.07, 6.45) is 7.55. The van der Waals surface area contributed by atoms with E-state index in [4.69, 9.17) is 4.74 Å². The fraction of sp³-hybridized carbons (Fsp3) is 0.650. The average Bonchev–Trinajstić information content (AvgIpc) is 3.30. The van der Waals surface area contributed by atoms with Gasteiger partial charge in [-0.1, -0.05) is 31.0 Å². The molecule has 1 saturated carbocycles. The summed E-state index contributed by atoms with van der Waals surface area (Å²) in [5, 5.41) is 6.59. The minimum atomic E-state index is 0.0389. The number of para-hydroxylation sites is 1. The summed E-state index contributed by atoms with van der Waals surface area (Å²) < 4.78 is 5.58. The summed E-state index contributed by atoms with van der Waals surface area (Å²) in [6, 6.07) is 8.29. The van der Waals surface area contributed by atoms with Crippen LogP contribution in [-0.2, 0) is 10.2 Å². The molecule has 0 aromatic heterocycles. The van der Waals surface area contributed by atoms with Crippen LogP contribution in [0.2, 0.25) is 0 Å². The van der Waals surface area contributed by atoms with Crippen molar-refractivity contribution in [2.75, 3.05) is 26.7 Å². The molecule has 1 aliphatic heterocycles. The number of benzene rings is 1. The predicted octanol–water partition coefficient (Wildman–Crippen LogP) is 3.01. The monoisotopic (exact) mass is 330 g/mol. The van der Waals surface area contributed by atoms with Crippen LogP contribution in [0.4, 0.5) is 0 Å². The van der Waals surface area contributed by atoms with E-state index >= 15 is 0 Å². The second-order valence-electron chi connectivity index (χ2n) is 7.36. The fourth-order valence-electron chi connectivity index (χ4n) is 4.33. The first-order valence-electron chi connectivity index (χ1n) is 9.34. The Morgan fingerprint density at radius 3 is 2.83 bits per heavy atom. The molecule has 4 nitrogen and oxygen atoms in total. The molecule has 1 saturated heterocycles. The highest BCUT2D eigenvalue weighted by molar-refractivity contribution is 5.76. The van der Waals surface area contributed by atoms with Crippen LogP contribution in [0.1, 0.15) is 50.5 Å². The second-order valence-corrected chi connectivity index (χ2v) is 7.36. The Balaban J connectivity index is 1.60. The van der Waals surface area contributed by atoms with E-state index in [0.29, 0.717) is 12.3 Å². The minimum Gasteiger partial charge on any atom is -0.496 e. The van der Waals surface area contributed by atoms with Crippen molar-refractivity contribution in [2.45, 2.75) is 50.4 Å². The molecule has 0 spiro atoms. The van der Waals surface area contributed by atoms with Gasteiger partial charge in [0.15, 0.2) is 0 Å². The van der Waals surface area contributed by atoms with Crippen molar-refractivity contribution in [1.82, 2.24) is 10.6 Å². The lowest BCUT2D eigenvalue weighted by molar-refractivity contribution is -0.121. The van der Waals surface area contributed by atoms with Crippen LogP contribution >= 0.6 is 0 Å². The molecule has 2 N–H and O–H groups in total. The van der Waals surface area contributed by atoms with Crippen molar-refractivity contribution in [3.05, 3.63) is 29.8 Å². The SMILES string of the molecule is COc1ccccc1C1(CNC(=O)CCC2CCNC2)CCCC1. The Bertz CT molecular complexity index is 546. The molecule has 1 aromatic rings. The molecule has 2 aliphatic rings. The van der Waals surface area contributed by atoms with Gasteiger partial charge in [-0.15, -0.1) is 0 Å². The van der Waals surface area contributed by atoms with E-state index in [9.17, 15) is 4.79 Å². The van der Waals surface area contributed by atoms with Crippen LogP contribution < -0.4 is 15.4 Å². The lowest BCUT2D eigenvalue weighted by atomic mass is 9.78. The van der Waals surface area contributed by atoms with Gasteiger partial charge < -0.3 is 15.4 Å². The van der Waals surface area contributed by atoms with Crippen LogP contribution in [0.5, 0.6) is 5.75 Å². The molecule has 0 radical (unpaired) electrons. The number of ether oxygens (including phenoxy) is 1. The number of amides is 1. The smallest absolute Gasteiger partial charge is 0.220 e. The topological polar surface area (TPSA) is 50.4 Å². The molecular weight excluding hydrogens is 300 g/mol. The zero-order valence-electron chi connectivity index (χ0n) is 14.8.